The summed E-state index contributed by atoms with van der Waals surface area (Å²) in [6.45, 7) is -0.240. The van der Waals surface area contributed by atoms with Crippen molar-refractivity contribution in [3.8, 4) is 39.9 Å². The number of ether oxygens (including phenoxy) is 4. The summed E-state index contributed by atoms with van der Waals surface area (Å²) in [5.41, 5.74) is 2.72. The summed E-state index contributed by atoms with van der Waals surface area (Å²) in [6, 6.07) is 19.0. The number of aromatic hydroxyl groups is 1. The Morgan fingerprint density at radius 3 is 2.14 bits per heavy atom. The van der Waals surface area contributed by atoms with Gasteiger partial charge >= 0.3 is 0 Å². The molecular formula is C23H22O6. The van der Waals surface area contributed by atoms with Crippen LogP contribution in [-0.2, 0) is 0 Å². The first kappa shape index (κ1) is 19.0. The van der Waals surface area contributed by atoms with Crippen LogP contribution in [0.4, 0.5) is 0 Å². The number of rotatable bonds is 5. The molecular weight excluding hydrogens is 372 g/mol. The second-order valence-electron chi connectivity index (χ2n) is 6.68. The summed E-state index contributed by atoms with van der Waals surface area (Å²) in [5.74, 6) is 1.56. The second kappa shape index (κ2) is 7.93. The molecule has 0 aliphatic carbocycles. The Hall–Kier alpha value is -3.38. The minimum absolute atomic E-state index is 0.0946. The maximum atomic E-state index is 10.2. The number of phenolic OH excluding ortho intramolecular Hbond substituents is 1. The van der Waals surface area contributed by atoms with Gasteiger partial charge in [0.1, 0.15) is 0 Å². The van der Waals surface area contributed by atoms with Crippen molar-refractivity contribution >= 4 is 0 Å². The van der Waals surface area contributed by atoms with Gasteiger partial charge in [-0.05, 0) is 35.4 Å². The molecule has 0 bridgehead atoms. The van der Waals surface area contributed by atoms with Crippen LogP contribution in [0.5, 0.6) is 28.7 Å². The third-order valence-corrected chi connectivity index (χ3v) is 4.93. The molecule has 0 spiro atoms. The van der Waals surface area contributed by atoms with Crippen molar-refractivity contribution in [3.05, 3.63) is 66.2 Å². The summed E-state index contributed by atoms with van der Waals surface area (Å²) < 4.78 is 22.7. The molecule has 150 valence electrons. The molecule has 6 nitrogen and oxygen atoms in total. The first-order chi connectivity index (χ1) is 14.1. The quantitative estimate of drug-likeness (QED) is 0.682. The second-order valence-corrected chi connectivity index (χ2v) is 6.68. The van der Waals surface area contributed by atoms with Gasteiger partial charge in [-0.3, -0.25) is 0 Å². The number of benzene rings is 3. The standard InChI is InChI=1S/C23H22O6/c1-26-19-11-16(12-20(27-2)22(19)25)23-21(13-24)28-17-9-8-15(10-18(17)29-23)14-6-4-3-5-7-14/h3-12,21,23-25H,13H2,1-2H3/t21-,23-/m0/s1. The van der Waals surface area contributed by atoms with Gasteiger partial charge in [0, 0.05) is 5.56 Å². The van der Waals surface area contributed by atoms with Gasteiger partial charge < -0.3 is 29.2 Å². The zero-order chi connectivity index (χ0) is 20.4. The van der Waals surface area contributed by atoms with Crippen molar-refractivity contribution in [3.63, 3.8) is 0 Å². The summed E-state index contributed by atoms with van der Waals surface area (Å²) in [7, 11) is 2.92. The van der Waals surface area contributed by atoms with Gasteiger partial charge in [0.25, 0.3) is 0 Å². The molecule has 2 atom stereocenters. The average Bonchev–Trinajstić information content (AvgIpc) is 2.78. The van der Waals surface area contributed by atoms with Crippen LogP contribution >= 0.6 is 0 Å². The molecule has 0 unspecified atom stereocenters. The highest BCUT2D eigenvalue weighted by Gasteiger charge is 2.34. The molecule has 29 heavy (non-hydrogen) atoms. The number of aliphatic hydroxyl groups excluding tert-OH is 1. The van der Waals surface area contributed by atoms with Crippen molar-refractivity contribution in [2.75, 3.05) is 20.8 Å². The SMILES string of the molecule is COc1cc([C@@H]2Oc3cc(-c4ccccc4)ccc3O[C@H]2CO)cc(OC)c1O. The fourth-order valence-electron chi connectivity index (χ4n) is 3.44. The topological polar surface area (TPSA) is 77.4 Å². The minimum atomic E-state index is -0.621. The number of fused-ring (bicyclic) bond motifs is 1. The van der Waals surface area contributed by atoms with Gasteiger partial charge in [-0.2, -0.15) is 0 Å². The third kappa shape index (κ3) is 3.54. The smallest absolute Gasteiger partial charge is 0.200 e. The molecule has 0 fully saturated rings. The first-order valence-corrected chi connectivity index (χ1v) is 9.23. The predicted octanol–water partition coefficient (Wildman–Crippen LogP) is 3.95. The summed E-state index contributed by atoms with van der Waals surface area (Å²) in [4.78, 5) is 0. The van der Waals surface area contributed by atoms with Crippen LogP contribution in [0.3, 0.4) is 0 Å². The van der Waals surface area contributed by atoms with E-state index in [1.54, 1.807) is 12.1 Å². The Morgan fingerprint density at radius 2 is 1.52 bits per heavy atom. The lowest BCUT2D eigenvalue weighted by molar-refractivity contribution is -0.0124. The summed E-state index contributed by atoms with van der Waals surface area (Å²) in [6.07, 6.45) is -1.23. The van der Waals surface area contributed by atoms with Crippen LogP contribution in [0.15, 0.2) is 60.7 Å². The highest BCUT2D eigenvalue weighted by Crippen LogP contribution is 2.45. The number of hydrogen-bond donors (Lipinski definition) is 2. The van der Waals surface area contributed by atoms with Crippen LogP contribution < -0.4 is 18.9 Å². The number of aliphatic hydroxyl groups is 1. The number of phenols is 1. The molecule has 0 amide bonds. The molecule has 1 aliphatic heterocycles. The normalized spacial score (nSPS) is 17.6. The van der Waals surface area contributed by atoms with E-state index in [-0.39, 0.29) is 23.9 Å². The van der Waals surface area contributed by atoms with E-state index in [4.69, 9.17) is 18.9 Å². The van der Waals surface area contributed by atoms with E-state index in [0.717, 1.165) is 11.1 Å². The van der Waals surface area contributed by atoms with Crippen LogP contribution in [0.25, 0.3) is 11.1 Å². The Balaban J connectivity index is 1.74. The molecule has 4 rings (SSSR count). The molecule has 1 aliphatic rings. The van der Waals surface area contributed by atoms with Crippen LogP contribution in [-0.4, -0.2) is 37.1 Å². The molecule has 0 saturated heterocycles. The Kier molecular flexibility index (Phi) is 5.18. The highest BCUT2D eigenvalue weighted by atomic mass is 16.6. The van der Waals surface area contributed by atoms with E-state index < -0.39 is 12.2 Å². The maximum Gasteiger partial charge on any atom is 0.200 e. The fourth-order valence-corrected chi connectivity index (χ4v) is 3.44. The Bertz CT molecular complexity index is 976. The molecule has 3 aromatic rings. The predicted molar refractivity (Wildman–Crippen MR) is 108 cm³/mol. The Labute approximate surface area is 168 Å². The zero-order valence-electron chi connectivity index (χ0n) is 16.2. The van der Waals surface area contributed by atoms with Crippen LogP contribution in [0.1, 0.15) is 11.7 Å². The van der Waals surface area contributed by atoms with Gasteiger partial charge in [0.15, 0.2) is 35.2 Å². The van der Waals surface area contributed by atoms with Gasteiger partial charge in [-0.1, -0.05) is 36.4 Å². The monoisotopic (exact) mass is 394 g/mol. The third-order valence-electron chi connectivity index (χ3n) is 4.93. The molecule has 0 radical (unpaired) electrons. The highest BCUT2D eigenvalue weighted by molar-refractivity contribution is 5.67. The largest absolute Gasteiger partial charge is 0.502 e. The van der Waals surface area contributed by atoms with Crippen molar-refractivity contribution in [1.82, 2.24) is 0 Å². The van der Waals surface area contributed by atoms with E-state index in [1.165, 1.54) is 14.2 Å². The van der Waals surface area contributed by atoms with Gasteiger partial charge in [-0.25, -0.2) is 0 Å². The molecule has 3 aromatic carbocycles. The lowest BCUT2D eigenvalue weighted by Crippen LogP contribution is -2.36. The minimum Gasteiger partial charge on any atom is -0.502 e. The summed E-state index contributed by atoms with van der Waals surface area (Å²) >= 11 is 0. The van der Waals surface area contributed by atoms with E-state index in [9.17, 15) is 10.2 Å². The van der Waals surface area contributed by atoms with Crippen molar-refractivity contribution in [2.24, 2.45) is 0 Å². The Morgan fingerprint density at radius 1 is 0.828 bits per heavy atom. The van der Waals surface area contributed by atoms with Gasteiger partial charge in [0.05, 0.1) is 20.8 Å². The zero-order valence-corrected chi connectivity index (χ0v) is 16.2. The van der Waals surface area contributed by atoms with Crippen molar-refractivity contribution in [1.29, 1.82) is 0 Å². The summed E-state index contributed by atoms with van der Waals surface area (Å²) in [5, 5.41) is 20.1. The molecule has 0 aromatic heterocycles. The van der Waals surface area contributed by atoms with Crippen molar-refractivity contribution in [2.45, 2.75) is 12.2 Å². The van der Waals surface area contributed by atoms with Crippen LogP contribution in [0, 0.1) is 0 Å². The van der Waals surface area contributed by atoms with Gasteiger partial charge in [0.2, 0.25) is 5.75 Å². The molecule has 0 saturated carbocycles. The number of methoxy groups -OCH3 is 2. The lowest BCUT2D eigenvalue weighted by atomic mass is 10.0. The van der Waals surface area contributed by atoms with Crippen molar-refractivity contribution < 1.29 is 29.2 Å². The lowest BCUT2D eigenvalue weighted by Gasteiger charge is -2.34. The fraction of sp³-hybridized carbons (Fsp3) is 0.217. The van der Waals surface area contributed by atoms with E-state index in [2.05, 4.69) is 0 Å². The number of hydrogen-bond acceptors (Lipinski definition) is 6. The van der Waals surface area contributed by atoms with E-state index >= 15 is 0 Å². The van der Waals surface area contributed by atoms with E-state index in [1.807, 2.05) is 48.5 Å². The maximum absolute atomic E-state index is 10.2. The molecule has 6 heteroatoms. The average molecular weight is 394 g/mol. The van der Waals surface area contributed by atoms with Gasteiger partial charge in [-0.15, -0.1) is 0 Å². The first-order valence-electron chi connectivity index (χ1n) is 9.23. The molecule has 2 N–H and O–H groups in total. The van der Waals surface area contributed by atoms with Crippen LogP contribution in [0.2, 0.25) is 0 Å². The van der Waals surface area contributed by atoms with E-state index in [0.29, 0.717) is 17.1 Å². The molecule has 1 heterocycles.